The molecule has 2 N–H and O–H groups in total. The summed E-state index contributed by atoms with van der Waals surface area (Å²) in [5, 5.41) is 7.33. The summed E-state index contributed by atoms with van der Waals surface area (Å²) in [6.07, 6.45) is 0. The number of hydrogen-bond acceptors (Lipinski definition) is 4. The maximum Gasteiger partial charge on any atom is 0.250 e. The van der Waals surface area contributed by atoms with Crippen molar-refractivity contribution in [1.82, 2.24) is 10.2 Å². The standard InChI is InChI=1S/C24H23Cl2N3O3/c1-11(2)19-17-18(22(31)29(21(17)30)10-13-6-4-5-7-16(13)26)24(28-19)15-9-14(25)8-12(3)20(15)27-23(24)32/h4-9,11,17-19,28H,10H2,1-3H3,(H,27,32)/t17-,18-,19?,24?/m0/s1. The summed E-state index contributed by atoms with van der Waals surface area (Å²) in [6, 6.07) is 10.3. The topological polar surface area (TPSA) is 78.5 Å². The molecule has 2 unspecified atom stereocenters. The molecule has 3 heterocycles. The number of anilines is 1. The van der Waals surface area contributed by atoms with Gasteiger partial charge in [-0.2, -0.15) is 0 Å². The van der Waals surface area contributed by atoms with E-state index in [1.165, 1.54) is 4.90 Å². The normalized spacial score (nSPS) is 28.6. The van der Waals surface area contributed by atoms with Crippen molar-refractivity contribution in [3.05, 3.63) is 63.1 Å². The highest BCUT2D eigenvalue weighted by Crippen LogP contribution is 2.55. The molecule has 6 nitrogen and oxygen atoms in total. The fraction of sp³-hybridized carbons (Fsp3) is 0.375. The SMILES string of the molecule is Cc1cc(Cl)cc2c1NC(=O)C21NC(C(C)C)[C@H]2C(=O)N(Cc3ccccc3Cl)C(=O)[C@H]21. The Balaban J connectivity index is 1.65. The number of amides is 3. The Kier molecular flexibility index (Phi) is 4.89. The Morgan fingerprint density at radius 3 is 2.50 bits per heavy atom. The second-order valence-corrected chi connectivity index (χ2v) is 10.0. The van der Waals surface area contributed by atoms with Gasteiger partial charge >= 0.3 is 0 Å². The van der Waals surface area contributed by atoms with Crippen molar-refractivity contribution in [2.75, 3.05) is 5.32 Å². The van der Waals surface area contributed by atoms with Crippen molar-refractivity contribution < 1.29 is 14.4 Å². The van der Waals surface area contributed by atoms with Crippen molar-refractivity contribution >= 4 is 46.6 Å². The number of hydrogen-bond donors (Lipinski definition) is 2. The maximum absolute atomic E-state index is 13.8. The van der Waals surface area contributed by atoms with Crippen LogP contribution in [0.15, 0.2) is 36.4 Å². The van der Waals surface area contributed by atoms with Crippen molar-refractivity contribution in [3.8, 4) is 0 Å². The summed E-state index contributed by atoms with van der Waals surface area (Å²) in [7, 11) is 0. The number of nitrogens with one attached hydrogen (secondary N) is 2. The molecule has 5 rings (SSSR count). The van der Waals surface area contributed by atoms with Crippen LogP contribution in [0.1, 0.15) is 30.5 Å². The lowest BCUT2D eigenvalue weighted by Gasteiger charge is -2.30. The second kappa shape index (κ2) is 7.30. The van der Waals surface area contributed by atoms with E-state index in [9.17, 15) is 14.4 Å². The smallest absolute Gasteiger partial charge is 0.250 e. The van der Waals surface area contributed by atoms with Crippen LogP contribution < -0.4 is 10.6 Å². The van der Waals surface area contributed by atoms with Gasteiger partial charge in [0.05, 0.1) is 18.4 Å². The molecule has 0 saturated carbocycles. The summed E-state index contributed by atoms with van der Waals surface area (Å²) >= 11 is 12.7. The van der Waals surface area contributed by atoms with Crippen LogP contribution in [0.5, 0.6) is 0 Å². The van der Waals surface area contributed by atoms with Crippen LogP contribution >= 0.6 is 23.2 Å². The summed E-state index contributed by atoms with van der Waals surface area (Å²) in [6.45, 7) is 5.91. The number of carbonyl (C=O) groups is 3. The number of rotatable bonds is 3. The first kappa shape index (κ1) is 21.4. The van der Waals surface area contributed by atoms with Crippen LogP contribution in [0, 0.1) is 24.7 Å². The van der Waals surface area contributed by atoms with Gasteiger partial charge in [-0.05, 0) is 42.2 Å². The Morgan fingerprint density at radius 1 is 1.09 bits per heavy atom. The molecule has 3 aliphatic heterocycles. The first-order chi connectivity index (χ1) is 15.2. The third kappa shape index (κ3) is 2.79. The number of nitrogens with zero attached hydrogens (tertiary/aromatic N) is 1. The molecular weight excluding hydrogens is 449 g/mol. The number of aryl methyl sites for hydroxylation is 1. The fourth-order valence-corrected chi connectivity index (χ4v) is 6.02. The molecule has 0 bridgehead atoms. The minimum atomic E-state index is -1.34. The number of carbonyl (C=O) groups excluding carboxylic acids is 3. The van der Waals surface area contributed by atoms with E-state index in [4.69, 9.17) is 23.2 Å². The molecule has 4 atom stereocenters. The van der Waals surface area contributed by atoms with E-state index in [2.05, 4.69) is 10.6 Å². The van der Waals surface area contributed by atoms with Gasteiger partial charge in [0.1, 0.15) is 5.54 Å². The summed E-state index contributed by atoms with van der Waals surface area (Å²) in [5.74, 6) is -2.45. The molecule has 1 spiro atoms. The fourth-order valence-electron chi connectivity index (χ4n) is 5.55. The first-order valence-corrected chi connectivity index (χ1v) is 11.4. The van der Waals surface area contributed by atoms with Crippen LogP contribution in [0.25, 0.3) is 0 Å². The van der Waals surface area contributed by atoms with Gasteiger partial charge in [0, 0.05) is 27.3 Å². The largest absolute Gasteiger partial charge is 0.324 e. The molecule has 166 valence electrons. The van der Waals surface area contributed by atoms with E-state index < -0.39 is 17.4 Å². The van der Waals surface area contributed by atoms with Gasteiger partial charge in [0.2, 0.25) is 17.7 Å². The molecule has 0 aromatic heterocycles. The number of likely N-dealkylation sites (tertiary alicyclic amines) is 1. The Hall–Kier alpha value is -2.41. The third-order valence-corrected chi connectivity index (χ3v) is 7.60. The molecule has 3 amide bonds. The Bertz CT molecular complexity index is 1180. The molecule has 32 heavy (non-hydrogen) atoms. The number of halogens is 2. The lowest BCUT2D eigenvalue weighted by molar-refractivity contribution is -0.143. The van der Waals surface area contributed by atoms with Crippen LogP contribution in [0.3, 0.4) is 0 Å². The van der Waals surface area contributed by atoms with Gasteiger partial charge in [0.25, 0.3) is 0 Å². The zero-order chi connectivity index (χ0) is 22.9. The molecule has 2 fully saturated rings. The van der Waals surface area contributed by atoms with E-state index in [0.29, 0.717) is 26.9 Å². The number of benzene rings is 2. The minimum Gasteiger partial charge on any atom is -0.324 e. The van der Waals surface area contributed by atoms with Gasteiger partial charge < -0.3 is 5.32 Å². The van der Waals surface area contributed by atoms with Crippen molar-refractivity contribution in [2.24, 2.45) is 17.8 Å². The predicted molar refractivity (Wildman–Crippen MR) is 122 cm³/mol. The maximum atomic E-state index is 13.8. The summed E-state index contributed by atoms with van der Waals surface area (Å²) in [5.41, 5.74) is 1.45. The van der Waals surface area contributed by atoms with Crippen molar-refractivity contribution in [2.45, 2.75) is 38.9 Å². The lowest BCUT2D eigenvalue weighted by Crippen LogP contribution is -2.53. The average molecular weight is 472 g/mol. The van der Waals surface area contributed by atoms with Crippen LogP contribution in [0.2, 0.25) is 10.0 Å². The minimum absolute atomic E-state index is 0.0241. The highest BCUT2D eigenvalue weighted by atomic mass is 35.5. The van der Waals surface area contributed by atoms with Crippen LogP contribution in [-0.4, -0.2) is 28.7 Å². The zero-order valence-corrected chi connectivity index (χ0v) is 19.4. The van der Waals surface area contributed by atoms with Gasteiger partial charge in [-0.15, -0.1) is 0 Å². The molecule has 8 heteroatoms. The highest BCUT2D eigenvalue weighted by Gasteiger charge is 2.70. The summed E-state index contributed by atoms with van der Waals surface area (Å²) < 4.78 is 0. The van der Waals surface area contributed by atoms with E-state index >= 15 is 0 Å². The monoisotopic (exact) mass is 471 g/mol. The highest BCUT2D eigenvalue weighted by molar-refractivity contribution is 6.31. The van der Waals surface area contributed by atoms with Crippen molar-refractivity contribution in [1.29, 1.82) is 0 Å². The van der Waals surface area contributed by atoms with Gasteiger partial charge in [-0.25, -0.2) is 0 Å². The first-order valence-electron chi connectivity index (χ1n) is 10.6. The van der Waals surface area contributed by atoms with E-state index in [1.807, 2.05) is 26.8 Å². The van der Waals surface area contributed by atoms with Gasteiger partial charge in [-0.3, -0.25) is 24.6 Å². The van der Waals surface area contributed by atoms with E-state index in [1.54, 1.807) is 30.3 Å². The molecule has 0 radical (unpaired) electrons. The predicted octanol–water partition coefficient (Wildman–Crippen LogP) is 3.88. The second-order valence-electron chi connectivity index (χ2n) is 9.18. The number of imide groups is 1. The molecule has 2 aromatic rings. The van der Waals surface area contributed by atoms with E-state index in [0.717, 1.165) is 5.56 Å². The zero-order valence-electron chi connectivity index (χ0n) is 17.9. The lowest BCUT2D eigenvalue weighted by atomic mass is 9.75. The molecule has 2 saturated heterocycles. The van der Waals surface area contributed by atoms with Gasteiger partial charge in [0.15, 0.2) is 0 Å². The Morgan fingerprint density at radius 2 is 1.81 bits per heavy atom. The average Bonchev–Trinajstić information content (AvgIpc) is 3.31. The van der Waals surface area contributed by atoms with E-state index in [-0.39, 0.29) is 36.2 Å². The molecular formula is C24H23Cl2N3O3. The quantitative estimate of drug-likeness (QED) is 0.665. The third-order valence-electron chi connectivity index (χ3n) is 7.02. The number of fused-ring (bicyclic) bond motifs is 4. The van der Waals surface area contributed by atoms with Gasteiger partial charge in [-0.1, -0.05) is 55.2 Å². The Labute approximate surface area is 196 Å². The summed E-state index contributed by atoms with van der Waals surface area (Å²) in [4.78, 5) is 42.1. The molecule has 0 aliphatic carbocycles. The molecule has 3 aliphatic rings. The van der Waals surface area contributed by atoms with Crippen LogP contribution in [0.4, 0.5) is 5.69 Å². The van der Waals surface area contributed by atoms with Crippen LogP contribution in [-0.2, 0) is 26.5 Å². The van der Waals surface area contributed by atoms with Crippen molar-refractivity contribution in [3.63, 3.8) is 0 Å². The molecule has 2 aromatic carbocycles.